The molecule has 3 rings (SSSR count). The summed E-state index contributed by atoms with van der Waals surface area (Å²) in [7, 11) is 1.85. The van der Waals surface area contributed by atoms with E-state index in [1.54, 1.807) is 10.9 Å². The molecule has 6 nitrogen and oxygen atoms in total. The highest BCUT2D eigenvalue weighted by Crippen LogP contribution is 2.22. The fourth-order valence-electron chi connectivity index (χ4n) is 2.58. The van der Waals surface area contributed by atoms with Crippen LogP contribution in [0.1, 0.15) is 37.9 Å². The Morgan fingerprint density at radius 2 is 2.11 bits per heavy atom. The van der Waals surface area contributed by atoms with E-state index in [0.29, 0.717) is 24.4 Å². The molecule has 0 unspecified atom stereocenters. The van der Waals surface area contributed by atoms with Crippen molar-refractivity contribution in [2.24, 2.45) is 7.05 Å². The number of fused-ring (bicyclic) bond motifs is 1. The third-order valence-electron chi connectivity index (χ3n) is 3.67. The van der Waals surface area contributed by atoms with Crippen LogP contribution in [0.25, 0.3) is 11.0 Å². The molecule has 2 N–H and O–H groups in total. The van der Waals surface area contributed by atoms with Gasteiger partial charge >= 0.3 is 0 Å². The highest BCUT2D eigenvalue weighted by Gasteiger charge is 2.15. The van der Waals surface area contributed by atoms with Crippen LogP contribution >= 0.6 is 0 Å². The first-order chi connectivity index (χ1) is 9.24. The largest absolute Gasteiger partial charge is 0.383 e. The van der Waals surface area contributed by atoms with Crippen molar-refractivity contribution in [3.05, 3.63) is 12.0 Å². The van der Waals surface area contributed by atoms with Gasteiger partial charge in [-0.3, -0.25) is 4.68 Å². The first kappa shape index (κ1) is 12.3. The van der Waals surface area contributed by atoms with E-state index in [0.717, 1.165) is 23.9 Å². The normalized spacial score (nSPS) is 17.1. The zero-order chi connectivity index (χ0) is 13.2. The van der Waals surface area contributed by atoms with Gasteiger partial charge in [0.15, 0.2) is 11.5 Å². The summed E-state index contributed by atoms with van der Waals surface area (Å²) in [6, 6.07) is 0. The molecule has 0 saturated heterocycles. The summed E-state index contributed by atoms with van der Waals surface area (Å²) < 4.78 is 7.58. The summed E-state index contributed by atoms with van der Waals surface area (Å²) in [6.45, 7) is 0.427. The second kappa shape index (κ2) is 5.13. The Morgan fingerprint density at radius 1 is 1.32 bits per heavy atom. The quantitative estimate of drug-likeness (QED) is 0.911. The van der Waals surface area contributed by atoms with Crippen LogP contribution in [0.3, 0.4) is 0 Å². The van der Waals surface area contributed by atoms with Gasteiger partial charge in [-0.1, -0.05) is 19.3 Å². The fourth-order valence-corrected chi connectivity index (χ4v) is 2.58. The van der Waals surface area contributed by atoms with E-state index in [4.69, 9.17) is 10.5 Å². The Bertz CT molecular complexity index is 574. The second-order valence-corrected chi connectivity index (χ2v) is 5.10. The van der Waals surface area contributed by atoms with Crippen molar-refractivity contribution in [1.82, 2.24) is 19.7 Å². The summed E-state index contributed by atoms with van der Waals surface area (Å²) in [6.07, 6.45) is 8.16. The first-order valence-electron chi connectivity index (χ1n) is 6.80. The molecule has 0 amide bonds. The highest BCUT2D eigenvalue weighted by atomic mass is 16.5. The SMILES string of the molecule is Cn1ncc2c(N)nc(COC3CCCCC3)nc21. The zero-order valence-corrected chi connectivity index (χ0v) is 11.2. The molecule has 1 aliphatic carbocycles. The monoisotopic (exact) mass is 261 g/mol. The molecule has 0 aliphatic heterocycles. The molecular weight excluding hydrogens is 242 g/mol. The van der Waals surface area contributed by atoms with Crippen LogP contribution in [-0.4, -0.2) is 25.9 Å². The van der Waals surface area contributed by atoms with Crippen molar-refractivity contribution in [2.45, 2.75) is 44.8 Å². The third-order valence-corrected chi connectivity index (χ3v) is 3.67. The molecule has 2 aromatic rings. The molecule has 0 aromatic carbocycles. The molecule has 6 heteroatoms. The van der Waals surface area contributed by atoms with Crippen molar-refractivity contribution in [3.8, 4) is 0 Å². The average Bonchev–Trinajstić information content (AvgIpc) is 2.80. The maximum Gasteiger partial charge on any atom is 0.163 e. The van der Waals surface area contributed by atoms with Crippen molar-refractivity contribution >= 4 is 16.9 Å². The smallest absolute Gasteiger partial charge is 0.163 e. The van der Waals surface area contributed by atoms with E-state index in [-0.39, 0.29) is 0 Å². The van der Waals surface area contributed by atoms with Crippen molar-refractivity contribution in [1.29, 1.82) is 0 Å². The van der Waals surface area contributed by atoms with E-state index in [9.17, 15) is 0 Å². The number of rotatable bonds is 3. The molecule has 102 valence electrons. The Hall–Kier alpha value is -1.69. The first-order valence-corrected chi connectivity index (χ1v) is 6.80. The lowest BCUT2D eigenvalue weighted by atomic mass is 9.98. The van der Waals surface area contributed by atoms with Gasteiger partial charge in [0, 0.05) is 7.05 Å². The Morgan fingerprint density at radius 3 is 2.89 bits per heavy atom. The molecule has 2 heterocycles. The van der Waals surface area contributed by atoms with E-state index < -0.39 is 0 Å². The minimum Gasteiger partial charge on any atom is -0.383 e. The number of anilines is 1. The highest BCUT2D eigenvalue weighted by molar-refractivity contribution is 5.84. The predicted molar refractivity (Wildman–Crippen MR) is 72.4 cm³/mol. The van der Waals surface area contributed by atoms with E-state index in [1.807, 2.05) is 7.05 Å². The molecule has 0 spiro atoms. The summed E-state index contributed by atoms with van der Waals surface area (Å²) in [4.78, 5) is 8.75. The van der Waals surface area contributed by atoms with Crippen molar-refractivity contribution in [3.63, 3.8) is 0 Å². The summed E-state index contributed by atoms with van der Waals surface area (Å²) in [5.74, 6) is 1.11. The lowest BCUT2D eigenvalue weighted by Crippen LogP contribution is -2.17. The van der Waals surface area contributed by atoms with Crippen LogP contribution < -0.4 is 5.73 Å². The van der Waals surface area contributed by atoms with E-state index in [1.165, 1.54) is 19.3 Å². The van der Waals surface area contributed by atoms with Crippen LogP contribution in [0, 0.1) is 0 Å². The van der Waals surface area contributed by atoms with Crippen molar-refractivity contribution < 1.29 is 4.74 Å². The molecule has 1 saturated carbocycles. The maximum atomic E-state index is 5.92. The van der Waals surface area contributed by atoms with Gasteiger partial charge in [0.25, 0.3) is 0 Å². The minimum atomic E-state index is 0.348. The van der Waals surface area contributed by atoms with Crippen LogP contribution in [0.5, 0.6) is 0 Å². The average molecular weight is 261 g/mol. The number of aromatic nitrogens is 4. The van der Waals surface area contributed by atoms with Gasteiger partial charge in [-0.2, -0.15) is 5.10 Å². The van der Waals surface area contributed by atoms with Crippen LogP contribution in [-0.2, 0) is 18.4 Å². The molecule has 0 atom stereocenters. The molecular formula is C13H19N5O. The van der Waals surface area contributed by atoms with Gasteiger partial charge in [0.1, 0.15) is 12.4 Å². The number of hydrogen-bond donors (Lipinski definition) is 1. The van der Waals surface area contributed by atoms with Crippen molar-refractivity contribution in [2.75, 3.05) is 5.73 Å². The molecule has 0 radical (unpaired) electrons. The number of nitrogens with two attached hydrogens (primary N) is 1. The molecule has 1 fully saturated rings. The number of nitrogen functional groups attached to an aromatic ring is 1. The number of hydrogen-bond acceptors (Lipinski definition) is 5. The maximum absolute atomic E-state index is 5.92. The minimum absolute atomic E-state index is 0.348. The van der Waals surface area contributed by atoms with Gasteiger partial charge in [-0.25, -0.2) is 9.97 Å². The Kier molecular flexibility index (Phi) is 3.33. The Labute approximate surface area is 112 Å². The van der Waals surface area contributed by atoms with Gasteiger partial charge in [0.05, 0.1) is 17.7 Å². The zero-order valence-electron chi connectivity index (χ0n) is 11.2. The van der Waals surface area contributed by atoms with Crippen LogP contribution in [0.4, 0.5) is 5.82 Å². The summed E-state index contributed by atoms with van der Waals surface area (Å²) >= 11 is 0. The summed E-state index contributed by atoms with van der Waals surface area (Å²) in [5.41, 5.74) is 6.68. The lowest BCUT2D eigenvalue weighted by Gasteiger charge is -2.21. The number of nitrogens with zero attached hydrogens (tertiary/aromatic N) is 4. The molecule has 1 aliphatic rings. The molecule has 19 heavy (non-hydrogen) atoms. The third kappa shape index (κ3) is 2.53. The summed E-state index contributed by atoms with van der Waals surface area (Å²) in [5, 5.41) is 4.94. The van der Waals surface area contributed by atoms with Gasteiger partial charge in [0.2, 0.25) is 0 Å². The van der Waals surface area contributed by atoms with Crippen LogP contribution in [0.2, 0.25) is 0 Å². The predicted octanol–water partition coefficient (Wildman–Crippen LogP) is 1.79. The van der Waals surface area contributed by atoms with Gasteiger partial charge < -0.3 is 10.5 Å². The lowest BCUT2D eigenvalue weighted by molar-refractivity contribution is 0.0137. The number of aryl methyl sites for hydroxylation is 1. The molecule has 0 bridgehead atoms. The van der Waals surface area contributed by atoms with E-state index in [2.05, 4.69) is 15.1 Å². The fraction of sp³-hybridized carbons (Fsp3) is 0.615. The standard InChI is InChI=1S/C13H19N5O/c1-18-13-10(7-15-18)12(14)16-11(17-13)8-19-9-5-3-2-4-6-9/h7,9H,2-6,8H2,1H3,(H2,14,16,17). The van der Waals surface area contributed by atoms with E-state index >= 15 is 0 Å². The second-order valence-electron chi connectivity index (χ2n) is 5.10. The van der Waals surface area contributed by atoms with Gasteiger partial charge in [-0.05, 0) is 12.8 Å². The van der Waals surface area contributed by atoms with Gasteiger partial charge in [-0.15, -0.1) is 0 Å². The molecule has 2 aromatic heterocycles. The topological polar surface area (TPSA) is 78.9 Å². The Balaban J connectivity index is 1.75. The number of ether oxygens (including phenoxy) is 1. The van der Waals surface area contributed by atoms with Crippen LogP contribution in [0.15, 0.2) is 6.20 Å².